The maximum atomic E-state index is 12.4. The van der Waals surface area contributed by atoms with Crippen LogP contribution in [0.4, 0.5) is 10.7 Å². The zero-order valence-corrected chi connectivity index (χ0v) is 32.9. The minimum atomic E-state index is -0.360. The van der Waals surface area contributed by atoms with Crippen molar-refractivity contribution in [3.05, 3.63) is 22.1 Å². The minimum absolute atomic E-state index is 0.162. The molecular weight excluding hydrogens is 632 g/mol. The van der Waals surface area contributed by atoms with Crippen molar-refractivity contribution in [3.63, 3.8) is 0 Å². The highest BCUT2D eigenvalue weighted by molar-refractivity contribution is 5.97. The van der Waals surface area contributed by atoms with Crippen molar-refractivity contribution in [2.45, 2.75) is 71.6 Å². The molecule has 286 valence electrons. The van der Waals surface area contributed by atoms with Crippen LogP contribution in [0.5, 0.6) is 0 Å². The van der Waals surface area contributed by atoms with Crippen LogP contribution in [0.2, 0.25) is 0 Å². The monoisotopic (exact) mass is 705 g/mol. The molecule has 0 saturated heterocycles. The molecule has 0 atom stereocenters. The van der Waals surface area contributed by atoms with Crippen LogP contribution < -0.4 is 26.8 Å². The van der Waals surface area contributed by atoms with Crippen LogP contribution in [-0.2, 0) is 0 Å². The molecule has 0 fully saturated rings. The number of H-pyrrole nitrogens is 1. The molecule has 0 radical (unpaired) electrons. The van der Waals surface area contributed by atoms with E-state index in [0.717, 1.165) is 92.3 Å². The van der Waals surface area contributed by atoms with Gasteiger partial charge in [0.05, 0.1) is 62.0 Å². The first-order valence-corrected chi connectivity index (χ1v) is 18.9. The minimum Gasteiger partial charge on any atom is -0.342 e. The van der Waals surface area contributed by atoms with Gasteiger partial charge in [-0.15, -0.1) is 0 Å². The van der Waals surface area contributed by atoms with Gasteiger partial charge in [-0.25, -0.2) is 14.8 Å². The van der Waals surface area contributed by atoms with Gasteiger partial charge in [0.15, 0.2) is 0 Å². The zero-order chi connectivity index (χ0) is 36.8. The molecule has 0 unspecified atom stereocenters. The summed E-state index contributed by atoms with van der Waals surface area (Å²) in [4.78, 5) is 45.0. The quantitative estimate of drug-likeness (QED) is 0.0568. The number of aromatic nitrogens is 2. The van der Waals surface area contributed by atoms with E-state index in [1.807, 2.05) is 0 Å². The third-order valence-electron chi connectivity index (χ3n) is 8.60. The fraction of sp³-hybridized carbons (Fsp3) is 0.806. The normalized spacial score (nSPS) is 13.8. The van der Waals surface area contributed by atoms with Crippen LogP contribution in [-0.4, -0.2) is 167 Å². The second kappa shape index (κ2) is 23.5. The van der Waals surface area contributed by atoms with Crippen molar-refractivity contribution in [1.29, 1.82) is 0 Å². The lowest BCUT2D eigenvalue weighted by molar-refractivity contribution is -0.870. The number of rotatable bonds is 26. The molecule has 0 spiro atoms. The van der Waals surface area contributed by atoms with E-state index in [9.17, 15) is 9.59 Å². The summed E-state index contributed by atoms with van der Waals surface area (Å²) in [5.41, 5.74) is 1.41. The standard InChI is InChI=1S/C36H70N12O2/c1-31-17-19-38-34(41-31)40-30-37-20-26-46(22-12-10-14-28-48(6,7)8)25-16-24-45(21-11-9-13-27-47(3,4)5)23-15-18-39-36(50)44-35-42-32(2)29-33(49)43-35/h29,37H,9-28,30H2,1-8H3,(H2-2,38,39,40,42,43,44,49,50)/p+2. The van der Waals surface area contributed by atoms with Crippen LogP contribution in [0.3, 0.4) is 0 Å². The lowest BCUT2D eigenvalue weighted by Crippen LogP contribution is -2.40. The van der Waals surface area contributed by atoms with E-state index in [-0.39, 0.29) is 17.5 Å². The van der Waals surface area contributed by atoms with Gasteiger partial charge >= 0.3 is 6.03 Å². The largest absolute Gasteiger partial charge is 0.342 e. The molecule has 0 saturated carbocycles. The molecule has 2 amide bonds. The highest BCUT2D eigenvalue weighted by Gasteiger charge is 2.12. The van der Waals surface area contributed by atoms with Crippen LogP contribution in [0, 0.1) is 6.92 Å². The Hall–Kier alpha value is -2.91. The van der Waals surface area contributed by atoms with Gasteiger partial charge in [0.25, 0.3) is 5.56 Å². The number of aryl methyl sites for hydroxylation is 1. The van der Waals surface area contributed by atoms with Gasteiger partial charge in [-0.1, -0.05) is 0 Å². The van der Waals surface area contributed by atoms with E-state index in [1.54, 1.807) is 6.92 Å². The first-order valence-electron chi connectivity index (χ1n) is 18.9. The summed E-state index contributed by atoms with van der Waals surface area (Å²) in [7, 11) is 13.6. The lowest BCUT2D eigenvalue weighted by atomic mass is 10.2. The van der Waals surface area contributed by atoms with Crippen molar-refractivity contribution in [3.8, 4) is 0 Å². The van der Waals surface area contributed by atoms with Gasteiger partial charge in [-0.05, 0) is 97.9 Å². The number of aromatic amines is 1. The average Bonchev–Trinajstić information content (AvgIpc) is 3.00. The molecule has 0 aromatic carbocycles. The molecule has 1 aromatic heterocycles. The molecule has 5 N–H and O–H groups in total. The molecule has 2 heterocycles. The van der Waals surface area contributed by atoms with E-state index < -0.39 is 0 Å². The number of carbonyl (C=O) groups excluding carboxylic acids is 1. The number of nitrogens with zero attached hydrogens (tertiary/aromatic N) is 7. The second-order valence-electron chi connectivity index (χ2n) is 15.8. The SMILES string of the molecule is CC1=NC(NCNCCN(CCCCC[N+](C)(C)C)CCCN(CCCCC[N+](C)(C)C)CCCNC(=O)Nc2nc(C)cc(=O)[nH]2)=NCC1. The van der Waals surface area contributed by atoms with Crippen LogP contribution in [0.1, 0.15) is 70.4 Å². The Morgan fingerprint density at radius 2 is 1.40 bits per heavy atom. The van der Waals surface area contributed by atoms with Crippen molar-refractivity contribution in [2.24, 2.45) is 9.98 Å². The third kappa shape index (κ3) is 22.7. The molecule has 50 heavy (non-hydrogen) atoms. The number of anilines is 1. The Labute approximate surface area is 302 Å². The molecule has 2 rings (SSSR count). The first-order chi connectivity index (χ1) is 23.7. The Kier molecular flexibility index (Phi) is 20.4. The van der Waals surface area contributed by atoms with Gasteiger partial charge in [-0.3, -0.25) is 25.4 Å². The van der Waals surface area contributed by atoms with Crippen LogP contribution in [0.25, 0.3) is 0 Å². The van der Waals surface area contributed by atoms with Crippen molar-refractivity contribution in [2.75, 3.05) is 126 Å². The second-order valence-corrected chi connectivity index (χ2v) is 15.8. The number of guanidine groups is 1. The predicted octanol–water partition coefficient (Wildman–Crippen LogP) is 2.69. The maximum absolute atomic E-state index is 12.4. The molecule has 1 aliphatic rings. The molecule has 0 bridgehead atoms. The van der Waals surface area contributed by atoms with E-state index in [2.05, 4.69) is 100 Å². The number of unbranched alkanes of at least 4 members (excludes halogenated alkanes) is 4. The topological polar surface area (TPSA) is 142 Å². The van der Waals surface area contributed by atoms with Gasteiger partial charge < -0.3 is 29.4 Å². The summed E-state index contributed by atoms with van der Waals surface area (Å²) in [5, 5.41) is 12.4. The van der Waals surface area contributed by atoms with Gasteiger partial charge in [0.2, 0.25) is 11.9 Å². The molecule has 1 aliphatic heterocycles. The van der Waals surface area contributed by atoms with E-state index >= 15 is 0 Å². The fourth-order valence-electron chi connectivity index (χ4n) is 5.84. The highest BCUT2D eigenvalue weighted by Crippen LogP contribution is 2.07. The third-order valence-corrected chi connectivity index (χ3v) is 8.60. The van der Waals surface area contributed by atoms with Gasteiger partial charge in [0, 0.05) is 50.1 Å². The molecule has 0 aliphatic carbocycles. The van der Waals surface area contributed by atoms with Gasteiger partial charge in [0.1, 0.15) is 0 Å². The predicted molar refractivity (Wildman–Crippen MR) is 208 cm³/mol. The Morgan fingerprint density at radius 1 is 0.800 bits per heavy atom. The Balaban J connectivity index is 1.84. The molecule has 14 heteroatoms. The summed E-state index contributed by atoms with van der Waals surface area (Å²) in [6.07, 6.45) is 10.3. The number of quaternary nitrogens is 2. The summed E-state index contributed by atoms with van der Waals surface area (Å²) < 4.78 is 2.02. The average molecular weight is 705 g/mol. The Bertz CT molecular complexity index is 1220. The summed E-state index contributed by atoms with van der Waals surface area (Å²) >= 11 is 0. The number of hydrogen-bond acceptors (Lipinski definition) is 9. The van der Waals surface area contributed by atoms with Crippen molar-refractivity contribution >= 4 is 23.7 Å². The molecule has 14 nitrogen and oxygen atoms in total. The number of urea groups is 1. The maximum Gasteiger partial charge on any atom is 0.321 e. The van der Waals surface area contributed by atoms with Gasteiger partial charge in [-0.2, -0.15) is 0 Å². The lowest BCUT2D eigenvalue weighted by Gasteiger charge is -2.27. The number of aliphatic imine (C=N–C) groups is 2. The number of nitrogens with one attached hydrogen (secondary N) is 5. The number of amides is 2. The smallest absolute Gasteiger partial charge is 0.321 e. The molecular formula is C36H72N12O2+2. The number of hydrogen-bond donors (Lipinski definition) is 5. The van der Waals surface area contributed by atoms with Crippen LogP contribution in [0.15, 0.2) is 20.8 Å². The van der Waals surface area contributed by atoms with E-state index in [1.165, 1.54) is 57.7 Å². The van der Waals surface area contributed by atoms with Crippen LogP contribution >= 0.6 is 0 Å². The van der Waals surface area contributed by atoms with E-state index in [4.69, 9.17) is 0 Å². The van der Waals surface area contributed by atoms with Crippen molar-refractivity contribution in [1.82, 2.24) is 35.7 Å². The Morgan fingerprint density at radius 3 is 2.00 bits per heavy atom. The molecule has 1 aromatic rings. The van der Waals surface area contributed by atoms with E-state index in [0.29, 0.717) is 18.9 Å². The van der Waals surface area contributed by atoms with Crippen molar-refractivity contribution < 1.29 is 13.8 Å². The first kappa shape index (κ1) is 43.3. The summed E-state index contributed by atoms with van der Waals surface area (Å²) in [6.45, 7) is 15.4. The number of carbonyl (C=O) groups is 1. The summed E-state index contributed by atoms with van der Waals surface area (Å²) in [6, 6.07) is 1.04. The summed E-state index contributed by atoms with van der Waals surface area (Å²) in [5.74, 6) is 0.902. The fourth-order valence-corrected chi connectivity index (χ4v) is 5.84. The highest BCUT2D eigenvalue weighted by atomic mass is 16.2. The zero-order valence-electron chi connectivity index (χ0n) is 32.9.